The minimum absolute atomic E-state index is 0.206. The van der Waals surface area contributed by atoms with Crippen LogP contribution in [0.3, 0.4) is 0 Å². The maximum absolute atomic E-state index is 12.6. The van der Waals surface area contributed by atoms with Crippen molar-refractivity contribution in [2.75, 3.05) is 4.72 Å². The van der Waals surface area contributed by atoms with Crippen LogP contribution in [-0.2, 0) is 16.2 Å². The molecule has 1 saturated carbocycles. The Bertz CT molecular complexity index is 1070. The maximum atomic E-state index is 12.6. The molecule has 4 rings (SSSR count). The first-order chi connectivity index (χ1) is 12.7. The smallest absolute Gasteiger partial charge is 0.333 e. The lowest BCUT2D eigenvalue weighted by Gasteiger charge is -2.10. The van der Waals surface area contributed by atoms with Crippen molar-refractivity contribution in [2.24, 2.45) is 0 Å². The van der Waals surface area contributed by atoms with Gasteiger partial charge in [-0.1, -0.05) is 5.16 Å². The van der Waals surface area contributed by atoms with Crippen LogP contribution in [0.25, 0.3) is 10.8 Å². The molecule has 1 aromatic carbocycles. The fraction of sp³-hybridized carbons (Fsp3) is 0.250. The Labute approximate surface area is 156 Å². The zero-order chi connectivity index (χ0) is 19.2. The average molecular weight is 415 g/mol. The molecule has 1 fully saturated rings. The summed E-state index contributed by atoms with van der Waals surface area (Å²) in [5.74, 6) is 1.08. The van der Waals surface area contributed by atoms with Gasteiger partial charge in [0.15, 0.2) is 5.82 Å². The number of thiophene rings is 1. The molecular weight excluding hydrogens is 403 g/mol. The highest BCUT2D eigenvalue weighted by molar-refractivity contribution is 7.92. The molecule has 0 saturated heterocycles. The molecule has 11 heteroatoms. The van der Waals surface area contributed by atoms with Gasteiger partial charge in [-0.25, -0.2) is 8.42 Å². The Morgan fingerprint density at radius 1 is 1.15 bits per heavy atom. The van der Waals surface area contributed by atoms with Crippen LogP contribution < -0.4 is 4.72 Å². The van der Waals surface area contributed by atoms with Crippen molar-refractivity contribution in [3.05, 3.63) is 47.1 Å². The number of anilines is 1. The van der Waals surface area contributed by atoms with Gasteiger partial charge < -0.3 is 4.52 Å². The van der Waals surface area contributed by atoms with E-state index in [1.54, 1.807) is 5.38 Å². The summed E-state index contributed by atoms with van der Waals surface area (Å²) >= 11 is 1.22. The Kier molecular flexibility index (Phi) is 4.22. The second kappa shape index (κ2) is 6.34. The van der Waals surface area contributed by atoms with Crippen LogP contribution in [0.4, 0.5) is 18.9 Å². The van der Waals surface area contributed by atoms with Gasteiger partial charge in [-0.2, -0.15) is 18.2 Å². The molecule has 1 aliphatic carbocycles. The Morgan fingerprint density at radius 3 is 2.48 bits per heavy atom. The standard InChI is InChI=1S/C16H12F3N3O3S2/c17-16(18,19)10-3-5-11(6-4-10)27(23,24)22-12-7-8-26-13(12)15-20-14(21-25-15)9-1-2-9/h3-9,22H,1-2H2. The number of benzene rings is 1. The van der Waals surface area contributed by atoms with Crippen LogP contribution in [0.1, 0.15) is 30.1 Å². The van der Waals surface area contributed by atoms with Crippen LogP contribution in [-0.4, -0.2) is 18.6 Å². The van der Waals surface area contributed by atoms with Crippen LogP contribution in [0.15, 0.2) is 45.1 Å². The van der Waals surface area contributed by atoms with Gasteiger partial charge in [0.25, 0.3) is 15.9 Å². The summed E-state index contributed by atoms with van der Waals surface area (Å²) in [5, 5.41) is 5.55. The molecule has 0 aliphatic heterocycles. The first-order valence-electron chi connectivity index (χ1n) is 7.85. The van der Waals surface area contributed by atoms with Gasteiger partial charge in [-0.05, 0) is 48.6 Å². The van der Waals surface area contributed by atoms with Crippen molar-refractivity contribution >= 4 is 27.0 Å². The van der Waals surface area contributed by atoms with Crippen molar-refractivity contribution in [1.82, 2.24) is 10.1 Å². The van der Waals surface area contributed by atoms with Crippen molar-refractivity contribution in [3.8, 4) is 10.8 Å². The molecule has 1 aliphatic rings. The molecule has 142 valence electrons. The lowest BCUT2D eigenvalue weighted by Crippen LogP contribution is -2.13. The van der Waals surface area contributed by atoms with E-state index in [-0.39, 0.29) is 22.4 Å². The van der Waals surface area contributed by atoms with Gasteiger partial charge in [-0.15, -0.1) is 11.3 Å². The summed E-state index contributed by atoms with van der Waals surface area (Å²) in [7, 11) is -4.07. The van der Waals surface area contributed by atoms with E-state index in [2.05, 4.69) is 14.9 Å². The van der Waals surface area contributed by atoms with Gasteiger partial charge in [-0.3, -0.25) is 4.72 Å². The van der Waals surface area contributed by atoms with E-state index in [9.17, 15) is 21.6 Å². The van der Waals surface area contributed by atoms with Crippen molar-refractivity contribution in [3.63, 3.8) is 0 Å². The fourth-order valence-electron chi connectivity index (χ4n) is 2.42. The first kappa shape index (κ1) is 18.0. The molecule has 0 bridgehead atoms. The van der Waals surface area contributed by atoms with Gasteiger partial charge in [0, 0.05) is 5.92 Å². The molecule has 0 radical (unpaired) electrons. The number of halogens is 3. The molecular formula is C16H12F3N3O3S2. The minimum atomic E-state index is -4.53. The second-order valence-electron chi connectivity index (χ2n) is 6.02. The lowest BCUT2D eigenvalue weighted by molar-refractivity contribution is -0.137. The Hall–Kier alpha value is -2.40. The zero-order valence-corrected chi connectivity index (χ0v) is 15.2. The van der Waals surface area contributed by atoms with Crippen molar-refractivity contribution in [1.29, 1.82) is 0 Å². The third-order valence-corrected chi connectivity index (χ3v) is 6.26. The minimum Gasteiger partial charge on any atom is -0.333 e. The molecule has 0 atom stereocenters. The Balaban J connectivity index is 1.59. The first-order valence-corrected chi connectivity index (χ1v) is 10.2. The van der Waals surface area contributed by atoms with Crippen LogP contribution in [0, 0.1) is 0 Å². The predicted molar refractivity (Wildman–Crippen MR) is 91.8 cm³/mol. The van der Waals surface area contributed by atoms with E-state index < -0.39 is 21.8 Å². The summed E-state index contributed by atoms with van der Waals surface area (Å²) in [6.45, 7) is 0. The number of aromatic nitrogens is 2. The fourth-order valence-corrected chi connectivity index (χ4v) is 4.32. The molecule has 3 aromatic rings. The zero-order valence-electron chi connectivity index (χ0n) is 13.5. The number of nitrogens with one attached hydrogen (secondary N) is 1. The van der Waals surface area contributed by atoms with Gasteiger partial charge in [0.05, 0.1) is 16.1 Å². The average Bonchev–Trinajstić information content (AvgIpc) is 3.17. The van der Waals surface area contributed by atoms with Crippen LogP contribution in [0.2, 0.25) is 0 Å². The summed E-state index contributed by atoms with van der Waals surface area (Å²) in [4.78, 5) is 4.46. The van der Waals surface area contributed by atoms with E-state index in [1.165, 1.54) is 17.4 Å². The third-order valence-electron chi connectivity index (χ3n) is 3.98. The predicted octanol–water partition coefficient (Wildman–Crippen LogP) is 4.50. The molecule has 0 amide bonds. The molecule has 27 heavy (non-hydrogen) atoms. The SMILES string of the molecule is O=S(=O)(Nc1ccsc1-c1nc(C2CC2)no1)c1ccc(C(F)(F)F)cc1. The highest BCUT2D eigenvalue weighted by Crippen LogP contribution is 2.40. The largest absolute Gasteiger partial charge is 0.416 e. The van der Waals surface area contributed by atoms with E-state index in [0.717, 1.165) is 37.1 Å². The summed E-state index contributed by atoms with van der Waals surface area (Å²) in [5.41, 5.74) is -0.693. The van der Waals surface area contributed by atoms with Crippen molar-refractivity contribution in [2.45, 2.75) is 29.8 Å². The highest BCUT2D eigenvalue weighted by Gasteiger charge is 2.31. The Morgan fingerprint density at radius 2 is 1.85 bits per heavy atom. The number of hydrogen-bond donors (Lipinski definition) is 1. The van der Waals surface area contributed by atoms with Gasteiger partial charge in [0.1, 0.15) is 4.88 Å². The molecule has 1 N–H and O–H groups in total. The lowest BCUT2D eigenvalue weighted by atomic mass is 10.2. The van der Waals surface area contributed by atoms with Gasteiger partial charge in [0.2, 0.25) is 0 Å². The molecule has 0 spiro atoms. The van der Waals surface area contributed by atoms with Crippen molar-refractivity contribution < 1.29 is 26.1 Å². The molecule has 2 heterocycles. The second-order valence-corrected chi connectivity index (χ2v) is 8.62. The van der Waals surface area contributed by atoms with E-state index in [0.29, 0.717) is 10.7 Å². The number of hydrogen-bond acceptors (Lipinski definition) is 6. The molecule has 2 aromatic heterocycles. The molecule has 0 unspecified atom stereocenters. The molecule has 6 nitrogen and oxygen atoms in total. The maximum Gasteiger partial charge on any atom is 0.416 e. The van der Waals surface area contributed by atoms with Gasteiger partial charge >= 0.3 is 6.18 Å². The topological polar surface area (TPSA) is 85.1 Å². The highest BCUT2D eigenvalue weighted by atomic mass is 32.2. The van der Waals surface area contributed by atoms with Crippen LogP contribution >= 0.6 is 11.3 Å². The number of sulfonamides is 1. The third kappa shape index (κ3) is 3.69. The van der Waals surface area contributed by atoms with E-state index in [4.69, 9.17) is 4.52 Å². The monoisotopic (exact) mass is 415 g/mol. The summed E-state index contributed by atoms with van der Waals surface area (Å²) in [6.07, 6.45) is -2.54. The number of rotatable bonds is 5. The van der Waals surface area contributed by atoms with E-state index >= 15 is 0 Å². The number of alkyl halides is 3. The summed E-state index contributed by atoms with van der Waals surface area (Å²) in [6, 6.07) is 4.80. The van der Waals surface area contributed by atoms with Crippen LogP contribution in [0.5, 0.6) is 0 Å². The number of nitrogens with zero attached hydrogens (tertiary/aromatic N) is 2. The normalized spacial score (nSPS) is 15.1. The summed E-state index contributed by atoms with van der Waals surface area (Å²) < 4.78 is 70.5. The quantitative estimate of drug-likeness (QED) is 0.663. The van der Waals surface area contributed by atoms with E-state index in [1.807, 2.05) is 0 Å².